The summed E-state index contributed by atoms with van der Waals surface area (Å²) in [6, 6.07) is 4.85. The summed E-state index contributed by atoms with van der Waals surface area (Å²) in [7, 11) is 0. The zero-order chi connectivity index (χ0) is 30.2. The number of aryl methyl sites for hydroxylation is 1. The molecule has 8 bridgehead atoms. The number of hydrogen-bond donors (Lipinski definition) is 1. The third-order valence-electron chi connectivity index (χ3n) is 9.50. The van der Waals surface area contributed by atoms with Crippen molar-refractivity contribution < 1.29 is 22.3 Å². The van der Waals surface area contributed by atoms with Crippen molar-refractivity contribution in [2.45, 2.75) is 82.5 Å². The number of rotatable bonds is 1. The molecule has 0 amide bonds. The summed E-state index contributed by atoms with van der Waals surface area (Å²) < 4.78 is 70.4. The fourth-order valence-corrected chi connectivity index (χ4v) is 6.88. The van der Waals surface area contributed by atoms with Crippen molar-refractivity contribution in [2.75, 3.05) is 38.2 Å². The normalized spacial score (nSPS) is 28.4. The van der Waals surface area contributed by atoms with Crippen LogP contribution in [0.3, 0.4) is 0 Å². The van der Waals surface area contributed by atoms with Gasteiger partial charge in [-0.3, -0.25) is 9.36 Å². The highest BCUT2D eigenvalue weighted by atomic mass is 19.3. The van der Waals surface area contributed by atoms with Crippen LogP contribution in [0.2, 0.25) is 0 Å². The molecule has 1 N–H and O–H groups in total. The third-order valence-corrected chi connectivity index (χ3v) is 9.50. The van der Waals surface area contributed by atoms with Gasteiger partial charge in [0, 0.05) is 24.4 Å². The average Bonchev–Trinajstić information content (AvgIpc) is 3.44. The summed E-state index contributed by atoms with van der Waals surface area (Å²) in [6.45, 7) is 4.02. The van der Waals surface area contributed by atoms with Crippen molar-refractivity contribution >= 4 is 16.9 Å². The molecule has 3 aromatic rings. The molecule has 1 aromatic carbocycles. The maximum Gasteiger partial charge on any atom is 0.278 e. The lowest BCUT2D eigenvalue weighted by molar-refractivity contribution is -0.0880. The van der Waals surface area contributed by atoms with E-state index in [1.165, 1.54) is 35.2 Å². The first kappa shape index (κ1) is 30.0. The summed E-state index contributed by atoms with van der Waals surface area (Å²) in [4.78, 5) is 24.7. The predicted octanol–water partition coefficient (Wildman–Crippen LogP) is 6.46. The van der Waals surface area contributed by atoms with Crippen molar-refractivity contribution in [1.82, 2.24) is 19.4 Å². The molecule has 4 aliphatic heterocycles. The Bertz CT molecular complexity index is 1520. The second-order valence-electron chi connectivity index (χ2n) is 12.3. The van der Waals surface area contributed by atoms with Crippen LogP contribution in [-0.2, 0) is 22.9 Å². The first-order valence-corrected chi connectivity index (χ1v) is 15.5. The number of aromatic nitrogens is 3. The van der Waals surface area contributed by atoms with Gasteiger partial charge >= 0.3 is 0 Å². The summed E-state index contributed by atoms with van der Waals surface area (Å²) in [6.07, 6.45) is 6.52. The molecule has 2 saturated heterocycles. The van der Waals surface area contributed by atoms with Gasteiger partial charge in [0.05, 0.1) is 35.8 Å². The molecule has 43 heavy (non-hydrogen) atoms. The number of anilines is 1. The molecule has 0 spiro atoms. The van der Waals surface area contributed by atoms with E-state index in [9.17, 15) is 4.79 Å². The monoisotopic (exact) mass is 601 g/mol. The Balaban J connectivity index is 1.43. The largest absolute Gasteiger partial charge is 0.378 e. The molecule has 11 heteroatoms. The highest BCUT2D eigenvalue weighted by Crippen LogP contribution is 2.44. The fourth-order valence-electron chi connectivity index (χ4n) is 6.88. The van der Waals surface area contributed by atoms with E-state index in [0.717, 1.165) is 38.6 Å². The molecule has 6 heterocycles. The molecule has 0 saturated carbocycles. The molecule has 0 radical (unpaired) electrons. The zero-order valence-corrected chi connectivity index (χ0v) is 24.6. The number of benzene rings is 1. The van der Waals surface area contributed by atoms with Crippen LogP contribution in [0.25, 0.3) is 11.0 Å². The van der Waals surface area contributed by atoms with Crippen LogP contribution < -0.4 is 10.9 Å². The first-order chi connectivity index (χ1) is 20.7. The quantitative estimate of drug-likeness (QED) is 0.323. The average molecular weight is 602 g/mol. The maximum absolute atomic E-state index is 16.0. The van der Waals surface area contributed by atoms with Crippen molar-refractivity contribution in [1.29, 1.82) is 0 Å². The van der Waals surface area contributed by atoms with Crippen molar-refractivity contribution in [3.05, 3.63) is 63.5 Å². The lowest BCUT2D eigenvalue weighted by Gasteiger charge is -2.36. The number of alkyl halides is 3. The van der Waals surface area contributed by atoms with Crippen molar-refractivity contribution in [2.24, 2.45) is 5.92 Å². The predicted molar refractivity (Wildman–Crippen MR) is 157 cm³/mol. The number of hydrogen-bond acceptors (Lipinski definition) is 6. The number of nitrogens with zero attached hydrogens (tertiary/aromatic N) is 4. The lowest BCUT2D eigenvalue weighted by atomic mass is 9.85. The smallest absolute Gasteiger partial charge is 0.278 e. The first-order valence-electron chi connectivity index (χ1n) is 15.5. The number of pyridine rings is 1. The van der Waals surface area contributed by atoms with E-state index in [-0.39, 0.29) is 36.6 Å². The molecule has 232 valence electrons. The molecule has 7 rings (SSSR count). The van der Waals surface area contributed by atoms with Gasteiger partial charge in [-0.1, -0.05) is 37.5 Å². The Kier molecular flexibility index (Phi) is 8.48. The standard InChI is InChI=1S/C32H39F4N5O2/c1-21-23-8-7-9-25(27(23)33)32(35,36)22-10-15-40(16-11-22)13-5-3-2-4-6-14-41-29-24(28(39-21)37-20-38-29)18-26(30(41)42)31(34)12-17-43-19-31/h7-9,18,20-22H,2-6,10-17,19H2,1H3,(H,37,38,39)/t21-,31?/m1/s1. The molecular weight excluding hydrogens is 562 g/mol. The number of halogens is 4. The van der Waals surface area contributed by atoms with Crippen molar-refractivity contribution in [3.63, 3.8) is 0 Å². The molecule has 2 fully saturated rings. The van der Waals surface area contributed by atoms with Crippen LogP contribution in [0.15, 0.2) is 35.4 Å². The molecular formula is C32H39F4N5O2. The van der Waals surface area contributed by atoms with Gasteiger partial charge in [0.1, 0.15) is 23.6 Å². The van der Waals surface area contributed by atoms with Crippen LogP contribution in [-0.4, -0.2) is 52.3 Å². The molecule has 7 nitrogen and oxygen atoms in total. The van der Waals surface area contributed by atoms with Gasteiger partial charge in [0.15, 0.2) is 5.67 Å². The summed E-state index contributed by atoms with van der Waals surface area (Å²) >= 11 is 0. The van der Waals surface area contributed by atoms with Crippen LogP contribution in [0.5, 0.6) is 0 Å². The summed E-state index contributed by atoms with van der Waals surface area (Å²) in [5, 5.41) is 3.56. The number of fused-ring (bicyclic) bond motifs is 9. The third kappa shape index (κ3) is 5.78. The molecule has 2 aromatic heterocycles. The maximum atomic E-state index is 16.0. The molecule has 0 aliphatic carbocycles. The highest BCUT2D eigenvalue weighted by Gasteiger charge is 2.45. The van der Waals surface area contributed by atoms with Gasteiger partial charge in [-0.2, -0.15) is 0 Å². The minimum absolute atomic E-state index is 0.0151. The lowest BCUT2D eigenvalue weighted by Crippen LogP contribution is -2.40. The van der Waals surface area contributed by atoms with E-state index in [2.05, 4.69) is 20.2 Å². The van der Waals surface area contributed by atoms with Crippen LogP contribution in [0.4, 0.5) is 23.4 Å². The van der Waals surface area contributed by atoms with Gasteiger partial charge in [-0.15, -0.1) is 0 Å². The molecule has 2 atom stereocenters. The van der Waals surface area contributed by atoms with E-state index in [4.69, 9.17) is 4.74 Å². The van der Waals surface area contributed by atoms with E-state index < -0.39 is 40.5 Å². The minimum Gasteiger partial charge on any atom is -0.378 e. The fraction of sp³-hybridized carbons (Fsp3) is 0.594. The van der Waals surface area contributed by atoms with Crippen molar-refractivity contribution in [3.8, 4) is 0 Å². The van der Waals surface area contributed by atoms with Crippen LogP contribution >= 0.6 is 0 Å². The van der Waals surface area contributed by atoms with Gasteiger partial charge in [0.25, 0.3) is 11.5 Å². The van der Waals surface area contributed by atoms with Gasteiger partial charge < -0.3 is 15.0 Å². The molecule has 4 aliphatic rings. The zero-order valence-electron chi connectivity index (χ0n) is 24.6. The van der Waals surface area contributed by atoms with E-state index in [1.807, 2.05) is 0 Å². The topological polar surface area (TPSA) is 72.3 Å². The summed E-state index contributed by atoms with van der Waals surface area (Å²) in [5.74, 6) is -4.91. The van der Waals surface area contributed by atoms with E-state index >= 15 is 17.6 Å². The van der Waals surface area contributed by atoms with Gasteiger partial charge in [0.2, 0.25) is 0 Å². The SMILES string of the molecule is C[C@H]1Nc2ncnc3c2cc(C2(F)CCOC2)c(=O)n3CCCCCCCN2CCC(CC2)C(F)(F)c2cccc1c2F. The Morgan fingerprint density at radius 1 is 0.977 bits per heavy atom. The van der Waals surface area contributed by atoms with Gasteiger partial charge in [-0.25, -0.2) is 27.5 Å². The van der Waals surface area contributed by atoms with Crippen LogP contribution in [0, 0.1) is 11.7 Å². The second-order valence-corrected chi connectivity index (χ2v) is 12.3. The highest BCUT2D eigenvalue weighted by molar-refractivity contribution is 5.87. The Hall–Kier alpha value is -3.05. The Morgan fingerprint density at radius 3 is 2.47 bits per heavy atom. The minimum atomic E-state index is -3.31. The van der Waals surface area contributed by atoms with E-state index in [0.29, 0.717) is 43.5 Å². The van der Waals surface area contributed by atoms with E-state index in [1.54, 1.807) is 6.92 Å². The number of piperidine rings is 1. The second kappa shape index (κ2) is 12.1. The Labute approximate surface area is 248 Å². The number of nitrogens with one attached hydrogen (secondary N) is 1. The van der Waals surface area contributed by atoms with Gasteiger partial charge in [-0.05, 0) is 58.3 Å². The summed E-state index contributed by atoms with van der Waals surface area (Å²) in [5.41, 5.74) is -2.57. The molecule has 1 unspecified atom stereocenters. The Morgan fingerprint density at radius 2 is 1.72 bits per heavy atom. The van der Waals surface area contributed by atoms with Crippen LogP contribution in [0.1, 0.15) is 81.0 Å². The number of ether oxygens (including phenoxy) is 1.